The molecule has 0 saturated carbocycles. The average molecular weight is 603 g/mol. The Morgan fingerprint density at radius 2 is 1.76 bits per heavy atom. The van der Waals surface area contributed by atoms with Crippen LogP contribution >= 0.6 is 23.4 Å². The molecule has 0 atom stereocenters. The van der Waals surface area contributed by atoms with Crippen LogP contribution < -0.4 is 14.4 Å². The lowest BCUT2D eigenvalue weighted by atomic mass is 10.1. The zero-order chi connectivity index (χ0) is 29.6. The summed E-state index contributed by atoms with van der Waals surface area (Å²) >= 11 is 7.29. The third kappa shape index (κ3) is 6.38. The van der Waals surface area contributed by atoms with Gasteiger partial charge in [0.25, 0.3) is 11.1 Å². The molecule has 0 unspecified atom stereocenters. The number of methoxy groups -OCH3 is 1. The fraction of sp³-hybridized carbons (Fsp3) is 0.226. The van der Waals surface area contributed by atoms with E-state index < -0.39 is 11.1 Å². The van der Waals surface area contributed by atoms with Crippen LogP contribution in [0.3, 0.4) is 0 Å². The first-order valence-electron chi connectivity index (χ1n) is 13.2. The van der Waals surface area contributed by atoms with Gasteiger partial charge in [0.05, 0.1) is 28.7 Å². The van der Waals surface area contributed by atoms with E-state index in [0.29, 0.717) is 48.6 Å². The summed E-state index contributed by atoms with van der Waals surface area (Å²) in [5.41, 5.74) is 2.81. The molecule has 2 aliphatic rings. The maximum absolute atomic E-state index is 13.1. The number of benzene rings is 3. The summed E-state index contributed by atoms with van der Waals surface area (Å²) < 4.78 is 11.4. The number of imide groups is 1. The van der Waals surface area contributed by atoms with Crippen molar-refractivity contribution in [2.45, 2.75) is 6.61 Å². The first-order chi connectivity index (χ1) is 20.4. The van der Waals surface area contributed by atoms with Crippen LogP contribution in [0, 0.1) is 11.3 Å². The van der Waals surface area contributed by atoms with Gasteiger partial charge in [-0.2, -0.15) is 5.26 Å². The monoisotopic (exact) mass is 602 g/mol. The van der Waals surface area contributed by atoms with Gasteiger partial charge < -0.3 is 19.3 Å². The van der Waals surface area contributed by atoms with Crippen molar-refractivity contribution < 1.29 is 23.9 Å². The Kier molecular flexibility index (Phi) is 9.00. The number of ether oxygens (including phenoxy) is 2. The molecule has 0 bridgehead atoms. The lowest BCUT2D eigenvalue weighted by Crippen LogP contribution is -2.51. The van der Waals surface area contributed by atoms with Gasteiger partial charge in [-0.1, -0.05) is 48.0 Å². The molecule has 3 aromatic rings. The summed E-state index contributed by atoms with van der Waals surface area (Å²) in [6.07, 6.45) is 1.54. The Balaban J connectivity index is 1.23. The van der Waals surface area contributed by atoms with Crippen molar-refractivity contribution in [1.29, 1.82) is 5.26 Å². The van der Waals surface area contributed by atoms with Gasteiger partial charge in [0.1, 0.15) is 13.2 Å². The van der Waals surface area contributed by atoms with Crippen molar-refractivity contribution >= 4 is 52.2 Å². The van der Waals surface area contributed by atoms with Gasteiger partial charge >= 0.3 is 0 Å². The van der Waals surface area contributed by atoms with Crippen LogP contribution in [0.4, 0.5) is 10.5 Å². The predicted octanol–water partition coefficient (Wildman–Crippen LogP) is 5.18. The lowest BCUT2D eigenvalue weighted by molar-refractivity contribution is -0.136. The number of carbonyl (C=O) groups is 3. The fourth-order valence-corrected chi connectivity index (χ4v) is 5.86. The van der Waals surface area contributed by atoms with Crippen LogP contribution in [0.15, 0.2) is 71.6 Å². The number of piperazine rings is 1. The van der Waals surface area contributed by atoms with E-state index in [2.05, 4.69) is 11.0 Å². The molecule has 0 N–H and O–H groups in total. The molecule has 2 fully saturated rings. The molecule has 0 aromatic heterocycles. The highest BCUT2D eigenvalue weighted by atomic mass is 35.5. The second-order valence-electron chi connectivity index (χ2n) is 9.56. The minimum absolute atomic E-state index is 0.105. The molecule has 11 heteroatoms. The molecule has 2 saturated heterocycles. The van der Waals surface area contributed by atoms with Crippen molar-refractivity contribution in [1.82, 2.24) is 9.80 Å². The molecule has 5 rings (SSSR count). The zero-order valence-corrected chi connectivity index (χ0v) is 24.4. The number of hydrogen-bond acceptors (Lipinski definition) is 8. The minimum Gasteiger partial charge on any atom is -0.493 e. The number of rotatable bonds is 8. The Morgan fingerprint density at radius 1 is 1.05 bits per heavy atom. The van der Waals surface area contributed by atoms with Gasteiger partial charge in [-0.05, 0) is 53.7 Å². The van der Waals surface area contributed by atoms with Crippen LogP contribution in [-0.2, 0) is 16.2 Å². The lowest BCUT2D eigenvalue weighted by Gasteiger charge is -2.36. The standard InChI is InChI=1S/C31H27ClN4O5S/c1-40-26-16-21(15-25(32)29(26)41-20-23-8-6-5-7-22(23)18-33)17-27-30(38)36(31(39)42-27)19-28(37)35-13-11-34(12-14-35)24-9-3-2-4-10-24/h2-10,15-17H,11-14,19-20H2,1H3. The van der Waals surface area contributed by atoms with Crippen LogP contribution in [0.5, 0.6) is 11.5 Å². The number of amides is 3. The maximum Gasteiger partial charge on any atom is 0.294 e. The predicted molar refractivity (Wildman–Crippen MR) is 161 cm³/mol. The summed E-state index contributed by atoms with van der Waals surface area (Å²) in [5, 5.41) is 9.06. The Hall–Kier alpha value is -4.46. The van der Waals surface area contributed by atoms with E-state index in [9.17, 15) is 19.6 Å². The summed E-state index contributed by atoms with van der Waals surface area (Å²) in [4.78, 5) is 43.9. The highest BCUT2D eigenvalue weighted by Gasteiger charge is 2.37. The molecule has 42 heavy (non-hydrogen) atoms. The van der Waals surface area contributed by atoms with E-state index in [1.54, 1.807) is 35.2 Å². The SMILES string of the molecule is COc1cc(C=C2SC(=O)N(CC(=O)N3CCN(c4ccccc4)CC3)C2=O)cc(Cl)c1OCc1ccccc1C#N. The normalized spacial score (nSPS) is 16.1. The Labute approximate surface area is 252 Å². The van der Waals surface area contributed by atoms with E-state index in [1.807, 2.05) is 36.4 Å². The smallest absolute Gasteiger partial charge is 0.294 e. The molecule has 9 nitrogen and oxygen atoms in total. The second-order valence-corrected chi connectivity index (χ2v) is 11.0. The zero-order valence-electron chi connectivity index (χ0n) is 22.8. The van der Waals surface area contributed by atoms with E-state index in [0.717, 1.165) is 22.3 Å². The summed E-state index contributed by atoms with van der Waals surface area (Å²) in [7, 11) is 1.46. The van der Waals surface area contributed by atoms with Gasteiger partial charge in [-0.25, -0.2) is 0 Å². The fourth-order valence-electron chi connectivity index (χ4n) is 4.74. The van der Waals surface area contributed by atoms with Crippen LogP contribution in [-0.4, -0.2) is 66.7 Å². The Morgan fingerprint density at radius 3 is 2.48 bits per heavy atom. The van der Waals surface area contributed by atoms with E-state index in [1.165, 1.54) is 13.2 Å². The van der Waals surface area contributed by atoms with E-state index in [-0.39, 0.29) is 34.7 Å². The van der Waals surface area contributed by atoms with Gasteiger partial charge in [0.15, 0.2) is 11.5 Å². The molecule has 0 aliphatic carbocycles. The number of para-hydroxylation sites is 1. The van der Waals surface area contributed by atoms with Gasteiger partial charge in [-0.15, -0.1) is 0 Å². The van der Waals surface area contributed by atoms with Crippen molar-refractivity contribution in [3.63, 3.8) is 0 Å². The molecule has 3 amide bonds. The van der Waals surface area contributed by atoms with Crippen LogP contribution in [0.1, 0.15) is 16.7 Å². The van der Waals surface area contributed by atoms with Crippen molar-refractivity contribution in [3.05, 3.63) is 93.3 Å². The summed E-state index contributed by atoms with van der Waals surface area (Å²) in [6.45, 7) is 2.15. The highest BCUT2D eigenvalue weighted by Crippen LogP contribution is 2.39. The third-order valence-electron chi connectivity index (χ3n) is 6.98. The maximum atomic E-state index is 13.1. The van der Waals surface area contributed by atoms with Crippen LogP contribution in [0.25, 0.3) is 6.08 Å². The largest absolute Gasteiger partial charge is 0.493 e. The van der Waals surface area contributed by atoms with E-state index >= 15 is 0 Å². The number of nitriles is 1. The van der Waals surface area contributed by atoms with Gasteiger partial charge in [0.2, 0.25) is 5.91 Å². The molecular formula is C31H27ClN4O5S. The van der Waals surface area contributed by atoms with Crippen molar-refractivity contribution in [2.24, 2.45) is 0 Å². The second kappa shape index (κ2) is 13.0. The first-order valence-corrected chi connectivity index (χ1v) is 14.4. The number of thioether (sulfide) groups is 1. The number of hydrogen-bond donors (Lipinski definition) is 0. The number of carbonyl (C=O) groups excluding carboxylic acids is 3. The molecule has 214 valence electrons. The molecule has 0 spiro atoms. The topological polar surface area (TPSA) is 103 Å². The first kappa shape index (κ1) is 29.0. The van der Waals surface area contributed by atoms with Crippen molar-refractivity contribution in [2.75, 3.05) is 44.7 Å². The van der Waals surface area contributed by atoms with Crippen molar-refractivity contribution in [3.8, 4) is 17.6 Å². The van der Waals surface area contributed by atoms with E-state index in [4.69, 9.17) is 21.1 Å². The summed E-state index contributed by atoms with van der Waals surface area (Å²) in [5.74, 6) is -0.192. The van der Waals surface area contributed by atoms with Crippen LogP contribution in [0.2, 0.25) is 5.02 Å². The quantitative estimate of drug-likeness (QED) is 0.325. The van der Waals surface area contributed by atoms with Gasteiger partial charge in [-0.3, -0.25) is 19.3 Å². The minimum atomic E-state index is -0.537. The molecule has 0 radical (unpaired) electrons. The number of anilines is 1. The molecular weight excluding hydrogens is 576 g/mol. The molecule has 3 aromatic carbocycles. The van der Waals surface area contributed by atoms with Gasteiger partial charge in [0, 0.05) is 37.4 Å². The molecule has 2 aliphatic heterocycles. The number of halogens is 1. The summed E-state index contributed by atoms with van der Waals surface area (Å²) in [6, 6.07) is 22.4. The Bertz CT molecular complexity index is 1580. The highest BCUT2D eigenvalue weighted by molar-refractivity contribution is 8.18. The molecule has 2 heterocycles. The number of nitrogens with zero attached hydrogens (tertiary/aromatic N) is 4. The third-order valence-corrected chi connectivity index (χ3v) is 8.17. The average Bonchev–Trinajstić information content (AvgIpc) is 3.27.